The molecule has 1 aromatic rings. The van der Waals surface area contributed by atoms with Gasteiger partial charge in [-0.15, -0.1) is 0 Å². The average molecular weight is 306 g/mol. The van der Waals surface area contributed by atoms with E-state index in [0.717, 1.165) is 0 Å². The van der Waals surface area contributed by atoms with Crippen molar-refractivity contribution in [1.29, 1.82) is 0 Å². The van der Waals surface area contributed by atoms with Crippen LogP contribution in [0, 0.1) is 0 Å². The highest BCUT2D eigenvalue weighted by molar-refractivity contribution is 9.10. The van der Waals surface area contributed by atoms with Gasteiger partial charge >= 0.3 is 6.18 Å². The third kappa shape index (κ3) is 2.67. The van der Waals surface area contributed by atoms with E-state index in [4.69, 9.17) is 5.11 Å². The first-order chi connectivity index (χ1) is 7.27. The van der Waals surface area contributed by atoms with Crippen LogP contribution < -0.4 is 0 Å². The molecule has 0 saturated carbocycles. The molecule has 0 radical (unpaired) electrons. The van der Waals surface area contributed by atoms with Crippen LogP contribution in [-0.4, -0.2) is 10.1 Å². The Kier molecular flexibility index (Phi) is 3.84. The quantitative estimate of drug-likeness (QED) is 0.851. The number of rotatable bonds is 2. The molecule has 0 fully saturated rings. The average Bonchev–Trinajstić information content (AvgIpc) is 2.14. The number of aliphatic hydroxyl groups excluding tert-OH is 1. The summed E-state index contributed by atoms with van der Waals surface area (Å²) in [5.74, 6) is 0. The number of halogens is 6. The molecule has 90 valence electrons. The van der Waals surface area contributed by atoms with Crippen molar-refractivity contribution in [3.63, 3.8) is 0 Å². The Hall–Kier alpha value is -0.760. The van der Waals surface area contributed by atoms with Crippen LogP contribution in [0.2, 0.25) is 0 Å². The van der Waals surface area contributed by atoms with Gasteiger partial charge in [-0.1, -0.05) is 15.9 Å². The molecule has 0 spiro atoms. The van der Waals surface area contributed by atoms with E-state index in [1.807, 2.05) is 0 Å². The molecule has 0 amide bonds. The van der Waals surface area contributed by atoms with Crippen LogP contribution in [0.3, 0.4) is 0 Å². The molecule has 0 bridgehead atoms. The number of pyridine rings is 1. The van der Waals surface area contributed by atoms with Gasteiger partial charge in [0.1, 0.15) is 11.4 Å². The van der Waals surface area contributed by atoms with E-state index in [0.29, 0.717) is 6.07 Å². The minimum Gasteiger partial charge on any atom is -0.392 e. The Morgan fingerprint density at radius 1 is 1.38 bits per heavy atom. The number of aromatic nitrogens is 1. The summed E-state index contributed by atoms with van der Waals surface area (Å²) in [6.45, 7) is -0.814. The van der Waals surface area contributed by atoms with Crippen molar-refractivity contribution in [3.05, 3.63) is 27.5 Å². The Labute approximate surface area is 95.2 Å². The predicted molar refractivity (Wildman–Crippen MR) is 47.8 cm³/mol. The summed E-state index contributed by atoms with van der Waals surface area (Å²) >= 11 is 2.69. The van der Waals surface area contributed by atoms with Crippen LogP contribution in [-0.2, 0) is 12.8 Å². The van der Waals surface area contributed by atoms with Crippen LogP contribution in [0.4, 0.5) is 22.0 Å². The fraction of sp³-hybridized carbons (Fsp3) is 0.375. The summed E-state index contributed by atoms with van der Waals surface area (Å²) in [4.78, 5) is 2.81. The lowest BCUT2D eigenvalue weighted by Crippen LogP contribution is -2.12. The molecular weight excluding hydrogens is 301 g/mol. The highest BCUT2D eigenvalue weighted by Crippen LogP contribution is 2.34. The third-order valence-electron chi connectivity index (χ3n) is 1.76. The van der Waals surface area contributed by atoms with Gasteiger partial charge in [-0.3, -0.25) is 0 Å². The minimum atomic E-state index is -4.81. The third-order valence-corrected chi connectivity index (χ3v) is 2.46. The molecule has 0 aliphatic rings. The van der Waals surface area contributed by atoms with E-state index in [1.165, 1.54) is 0 Å². The zero-order valence-corrected chi connectivity index (χ0v) is 9.11. The molecule has 0 aliphatic heterocycles. The van der Waals surface area contributed by atoms with Gasteiger partial charge in [0, 0.05) is 10.0 Å². The van der Waals surface area contributed by atoms with E-state index < -0.39 is 30.6 Å². The molecule has 0 saturated heterocycles. The molecule has 0 aromatic carbocycles. The lowest BCUT2D eigenvalue weighted by Gasteiger charge is -2.12. The minimum absolute atomic E-state index is 0.243. The first-order valence-electron chi connectivity index (χ1n) is 3.93. The lowest BCUT2D eigenvalue weighted by molar-refractivity contribution is -0.141. The van der Waals surface area contributed by atoms with Crippen LogP contribution in [0.15, 0.2) is 10.5 Å². The van der Waals surface area contributed by atoms with Gasteiger partial charge in [0.05, 0.1) is 6.61 Å². The predicted octanol–water partition coefficient (Wildman–Crippen LogP) is 3.29. The van der Waals surface area contributed by atoms with Crippen molar-refractivity contribution in [1.82, 2.24) is 4.98 Å². The van der Waals surface area contributed by atoms with Gasteiger partial charge in [0.15, 0.2) is 0 Å². The number of hydrogen-bond acceptors (Lipinski definition) is 2. The van der Waals surface area contributed by atoms with Crippen LogP contribution in [0.1, 0.15) is 23.4 Å². The molecule has 1 heterocycles. The topological polar surface area (TPSA) is 33.1 Å². The molecule has 1 rings (SSSR count). The van der Waals surface area contributed by atoms with Crippen molar-refractivity contribution in [3.8, 4) is 0 Å². The van der Waals surface area contributed by atoms with Gasteiger partial charge in [-0.25, -0.2) is 13.8 Å². The van der Waals surface area contributed by atoms with Crippen LogP contribution in [0.5, 0.6) is 0 Å². The molecule has 8 heteroatoms. The molecule has 1 N–H and O–H groups in total. The van der Waals surface area contributed by atoms with Crippen LogP contribution in [0.25, 0.3) is 0 Å². The SMILES string of the molecule is OCc1c(Br)cc(C(F)(F)F)nc1C(F)F. The number of alkyl halides is 5. The lowest BCUT2D eigenvalue weighted by atomic mass is 10.2. The van der Waals surface area contributed by atoms with Crippen molar-refractivity contribution in [2.24, 2.45) is 0 Å². The summed E-state index contributed by atoms with van der Waals surface area (Å²) in [6, 6.07) is 0.553. The largest absolute Gasteiger partial charge is 0.433 e. The Morgan fingerprint density at radius 3 is 2.31 bits per heavy atom. The Morgan fingerprint density at radius 2 is 1.94 bits per heavy atom. The second-order valence-electron chi connectivity index (χ2n) is 2.81. The second kappa shape index (κ2) is 4.62. The van der Waals surface area contributed by atoms with E-state index in [2.05, 4.69) is 20.9 Å². The fourth-order valence-electron chi connectivity index (χ4n) is 1.04. The first kappa shape index (κ1) is 13.3. The summed E-state index contributed by atoms with van der Waals surface area (Å²) in [6.07, 6.45) is -7.99. The molecule has 0 unspecified atom stereocenters. The fourth-order valence-corrected chi connectivity index (χ4v) is 1.59. The number of nitrogens with zero attached hydrogens (tertiary/aromatic N) is 1. The maximum atomic E-state index is 12.4. The normalized spacial score (nSPS) is 12.2. The molecule has 16 heavy (non-hydrogen) atoms. The molecule has 0 atom stereocenters. The van der Waals surface area contributed by atoms with Crippen LogP contribution >= 0.6 is 15.9 Å². The summed E-state index contributed by atoms with van der Waals surface area (Å²) in [7, 11) is 0. The van der Waals surface area contributed by atoms with Crippen molar-refractivity contribution < 1.29 is 27.1 Å². The van der Waals surface area contributed by atoms with E-state index in [1.54, 1.807) is 0 Å². The van der Waals surface area contributed by atoms with E-state index in [-0.39, 0.29) is 10.0 Å². The van der Waals surface area contributed by atoms with Gasteiger partial charge in [0.25, 0.3) is 6.43 Å². The molecule has 0 aliphatic carbocycles. The van der Waals surface area contributed by atoms with Gasteiger partial charge < -0.3 is 5.11 Å². The smallest absolute Gasteiger partial charge is 0.392 e. The Balaban J connectivity index is 3.40. The van der Waals surface area contributed by atoms with Gasteiger partial charge in [-0.05, 0) is 6.07 Å². The maximum absolute atomic E-state index is 12.4. The maximum Gasteiger partial charge on any atom is 0.433 e. The first-order valence-corrected chi connectivity index (χ1v) is 4.72. The highest BCUT2D eigenvalue weighted by atomic mass is 79.9. The number of hydrogen-bond donors (Lipinski definition) is 1. The molecule has 2 nitrogen and oxygen atoms in total. The highest BCUT2D eigenvalue weighted by Gasteiger charge is 2.35. The van der Waals surface area contributed by atoms with Crippen molar-refractivity contribution in [2.45, 2.75) is 19.2 Å². The Bertz CT molecular complexity index is 393. The summed E-state index contributed by atoms with van der Waals surface area (Å²) in [5, 5.41) is 8.76. The standard InChI is InChI=1S/C8H5BrF5NO/c9-4-1-5(8(12,13)14)15-6(7(10)11)3(4)2-16/h1,7,16H,2H2. The van der Waals surface area contributed by atoms with Gasteiger partial charge in [-0.2, -0.15) is 13.2 Å². The monoisotopic (exact) mass is 305 g/mol. The zero-order chi connectivity index (χ0) is 12.5. The van der Waals surface area contributed by atoms with Gasteiger partial charge in [0.2, 0.25) is 0 Å². The number of aliphatic hydroxyl groups is 1. The van der Waals surface area contributed by atoms with Crippen molar-refractivity contribution >= 4 is 15.9 Å². The van der Waals surface area contributed by atoms with E-state index in [9.17, 15) is 22.0 Å². The van der Waals surface area contributed by atoms with E-state index >= 15 is 0 Å². The zero-order valence-electron chi connectivity index (χ0n) is 7.52. The molecule has 1 aromatic heterocycles. The second-order valence-corrected chi connectivity index (χ2v) is 3.66. The summed E-state index contributed by atoms with van der Waals surface area (Å²) in [5.41, 5.74) is -2.83. The van der Waals surface area contributed by atoms with Crippen molar-refractivity contribution in [2.75, 3.05) is 0 Å². The summed E-state index contributed by atoms with van der Waals surface area (Å²) < 4.78 is 61.3. The molecular formula is C8H5BrF5NO.